The van der Waals surface area contributed by atoms with Crippen molar-refractivity contribution in [3.05, 3.63) is 0 Å². The summed E-state index contributed by atoms with van der Waals surface area (Å²) in [5.74, 6) is 0.563. The van der Waals surface area contributed by atoms with Crippen LogP contribution in [0.4, 0.5) is 13.2 Å². The van der Waals surface area contributed by atoms with Crippen LogP contribution < -0.4 is 5.32 Å². The second-order valence-corrected chi connectivity index (χ2v) is 5.31. The molecule has 0 bridgehead atoms. The molecule has 118 valence electrons. The highest BCUT2D eigenvalue weighted by Gasteiger charge is 2.42. The van der Waals surface area contributed by atoms with Crippen molar-refractivity contribution in [3.8, 4) is 0 Å². The molecule has 2 fully saturated rings. The Morgan fingerprint density at radius 1 is 1.40 bits per heavy atom. The van der Waals surface area contributed by atoms with Crippen molar-refractivity contribution in [3.63, 3.8) is 0 Å². The maximum absolute atomic E-state index is 12.1. The van der Waals surface area contributed by atoms with Gasteiger partial charge in [-0.1, -0.05) is 0 Å². The van der Waals surface area contributed by atoms with Crippen LogP contribution in [0.15, 0.2) is 4.99 Å². The summed E-state index contributed by atoms with van der Waals surface area (Å²) in [4.78, 5) is 6.10. The van der Waals surface area contributed by atoms with E-state index >= 15 is 0 Å². The molecule has 8 heteroatoms. The first-order valence-electron chi connectivity index (χ1n) is 6.54. The molecule has 0 aromatic rings. The van der Waals surface area contributed by atoms with E-state index in [1.807, 2.05) is 4.90 Å². The van der Waals surface area contributed by atoms with Crippen LogP contribution in [0.3, 0.4) is 0 Å². The summed E-state index contributed by atoms with van der Waals surface area (Å²) in [5, 5.41) is 2.79. The molecule has 0 aliphatic carbocycles. The quantitative estimate of drug-likeness (QED) is 0.434. The first kappa shape index (κ1) is 17.8. The van der Waals surface area contributed by atoms with Gasteiger partial charge >= 0.3 is 6.18 Å². The lowest BCUT2D eigenvalue weighted by Crippen LogP contribution is -2.42. The van der Waals surface area contributed by atoms with Gasteiger partial charge in [-0.25, -0.2) is 0 Å². The monoisotopic (exact) mass is 407 g/mol. The van der Waals surface area contributed by atoms with E-state index in [0.29, 0.717) is 5.96 Å². The largest absolute Gasteiger partial charge is 0.390 e. The minimum absolute atomic E-state index is 0. The third kappa shape index (κ3) is 4.64. The van der Waals surface area contributed by atoms with Crippen molar-refractivity contribution in [2.75, 3.05) is 39.9 Å². The molecule has 0 amide bonds. The number of hydrogen-bond acceptors (Lipinski definition) is 2. The van der Waals surface area contributed by atoms with Crippen LogP contribution in [-0.2, 0) is 4.74 Å². The zero-order chi connectivity index (χ0) is 13.9. The fourth-order valence-electron chi connectivity index (χ4n) is 2.74. The van der Waals surface area contributed by atoms with E-state index in [1.165, 1.54) is 0 Å². The average molecular weight is 407 g/mol. The fraction of sp³-hybridized carbons (Fsp3) is 0.917. The first-order valence-corrected chi connectivity index (χ1v) is 6.54. The van der Waals surface area contributed by atoms with Crippen LogP contribution >= 0.6 is 24.0 Å². The molecule has 1 N–H and O–H groups in total. The lowest BCUT2D eigenvalue weighted by molar-refractivity contribution is -0.132. The Bertz CT molecular complexity index is 343. The number of nitrogens with zero attached hydrogens (tertiary/aromatic N) is 2. The maximum atomic E-state index is 12.1. The van der Waals surface area contributed by atoms with Crippen molar-refractivity contribution in [1.82, 2.24) is 10.2 Å². The van der Waals surface area contributed by atoms with Gasteiger partial charge in [-0.2, -0.15) is 13.2 Å². The summed E-state index contributed by atoms with van der Waals surface area (Å²) in [6.45, 7) is 3.06. The number of halogens is 4. The third-order valence-corrected chi connectivity index (χ3v) is 3.83. The van der Waals surface area contributed by atoms with E-state index in [0.717, 1.165) is 39.1 Å². The fourth-order valence-corrected chi connectivity index (χ4v) is 2.74. The summed E-state index contributed by atoms with van der Waals surface area (Å²) in [7, 11) is 1.60. The number of nitrogens with one attached hydrogen (secondary N) is 1. The standard InChI is InChI=1S/C12H20F3N3O.HI/c1-16-10(17-5-2-12(13,14)15)18-6-3-11(8-18)4-7-19-9-11;/h2-9H2,1H3,(H,16,17);1H. The second-order valence-electron chi connectivity index (χ2n) is 5.31. The van der Waals surface area contributed by atoms with Gasteiger partial charge in [-0.05, 0) is 12.8 Å². The van der Waals surface area contributed by atoms with E-state index in [4.69, 9.17) is 4.74 Å². The molecule has 2 saturated heterocycles. The van der Waals surface area contributed by atoms with E-state index in [-0.39, 0.29) is 35.9 Å². The van der Waals surface area contributed by atoms with Crippen molar-refractivity contribution in [1.29, 1.82) is 0 Å². The Kier molecular flexibility index (Phi) is 6.36. The van der Waals surface area contributed by atoms with Gasteiger partial charge in [0.25, 0.3) is 0 Å². The molecule has 1 spiro atoms. The Hall–Kier alpha value is -0.250. The normalized spacial score (nSPS) is 27.0. The Morgan fingerprint density at radius 3 is 2.70 bits per heavy atom. The predicted molar refractivity (Wildman–Crippen MR) is 81.5 cm³/mol. The number of rotatable bonds is 2. The molecule has 0 aromatic heterocycles. The number of alkyl halides is 3. The molecule has 2 rings (SSSR count). The van der Waals surface area contributed by atoms with Gasteiger partial charge in [-0.15, -0.1) is 24.0 Å². The molecule has 1 atom stereocenters. The van der Waals surface area contributed by atoms with E-state index in [9.17, 15) is 13.2 Å². The summed E-state index contributed by atoms with van der Waals surface area (Å²) in [5.41, 5.74) is 0.182. The highest BCUT2D eigenvalue weighted by molar-refractivity contribution is 14.0. The molecule has 0 radical (unpaired) electrons. The molecule has 0 aromatic carbocycles. The summed E-state index contributed by atoms with van der Waals surface area (Å²) >= 11 is 0. The maximum Gasteiger partial charge on any atom is 0.390 e. The highest BCUT2D eigenvalue weighted by Crippen LogP contribution is 2.38. The SMILES string of the molecule is CN=C(NCCC(F)(F)F)N1CCC2(CCOC2)C1.I. The molecular formula is C12H21F3IN3O. The van der Waals surface area contributed by atoms with Gasteiger partial charge in [0, 0.05) is 38.7 Å². The molecular weight excluding hydrogens is 386 g/mol. The zero-order valence-electron chi connectivity index (χ0n) is 11.5. The highest BCUT2D eigenvalue weighted by atomic mass is 127. The molecule has 2 aliphatic heterocycles. The second kappa shape index (κ2) is 7.15. The van der Waals surface area contributed by atoms with Crippen LogP contribution in [0.1, 0.15) is 19.3 Å². The van der Waals surface area contributed by atoms with Crippen molar-refractivity contribution in [2.24, 2.45) is 10.4 Å². The number of likely N-dealkylation sites (tertiary alicyclic amines) is 1. The first-order chi connectivity index (χ1) is 8.94. The molecule has 2 heterocycles. The van der Waals surface area contributed by atoms with Gasteiger partial charge in [0.15, 0.2) is 5.96 Å². The van der Waals surface area contributed by atoms with Crippen molar-refractivity contribution in [2.45, 2.75) is 25.4 Å². The molecule has 20 heavy (non-hydrogen) atoms. The minimum Gasteiger partial charge on any atom is -0.381 e. The third-order valence-electron chi connectivity index (χ3n) is 3.83. The Labute approximate surface area is 134 Å². The molecule has 0 saturated carbocycles. The van der Waals surface area contributed by atoms with E-state index in [2.05, 4.69) is 10.3 Å². The smallest absolute Gasteiger partial charge is 0.381 e. The Morgan fingerprint density at radius 2 is 2.15 bits per heavy atom. The van der Waals surface area contributed by atoms with E-state index < -0.39 is 12.6 Å². The van der Waals surface area contributed by atoms with Crippen LogP contribution in [0, 0.1) is 5.41 Å². The molecule has 1 unspecified atom stereocenters. The summed E-state index contributed by atoms with van der Waals surface area (Å²) in [6.07, 6.45) is -2.92. The molecule has 2 aliphatic rings. The van der Waals surface area contributed by atoms with Crippen molar-refractivity contribution >= 4 is 29.9 Å². The van der Waals surface area contributed by atoms with Crippen LogP contribution in [-0.4, -0.2) is 56.9 Å². The van der Waals surface area contributed by atoms with Gasteiger partial charge in [-0.3, -0.25) is 4.99 Å². The Balaban J connectivity index is 0.00000200. The zero-order valence-corrected chi connectivity index (χ0v) is 13.8. The molecule has 4 nitrogen and oxygen atoms in total. The number of ether oxygens (including phenoxy) is 1. The number of guanidine groups is 1. The summed E-state index contributed by atoms with van der Waals surface area (Å²) < 4.78 is 41.8. The number of hydrogen-bond donors (Lipinski definition) is 1. The van der Waals surface area contributed by atoms with Crippen LogP contribution in [0.2, 0.25) is 0 Å². The lowest BCUT2D eigenvalue weighted by atomic mass is 9.87. The van der Waals surface area contributed by atoms with Crippen LogP contribution in [0.5, 0.6) is 0 Å². The minimum atomic E-state index is -4.13. The predicted octanol–water partition coefficient (Wildman–Crippen LogP) is 2.24. The van der Waals surface area contributed by atoms with Gasteiger partial charge < -0.3 is 15.0 Å². The van der Waals surface area contributed by atoms with Crippen molar-refractivity contribution < 1.29 is 17.9 Å². The lowest BCUT2D eigenvalue weighted by Gasteiger charge is -2.25. The van der Waals surface area contributed by atoms with Gasteiger partial charge in [0.05, 0.1) is 13.0 Å². The number of aliphatic imine (C=N–C) groups is 1. The van der Waals surface area contributed by atoms with Gasteiger partial charge in [0.2, 0.25) is 0 Å². The van der Waals surface area contributed by atoms with Crippen LogP contribution in [0.25, 0.3) is 0 Å². The topological polar surface area (TPSA) is 36.9 Å². The summed E-state index contributed by atoms with van der Waals surface area (Å²) in [6, 6.07) is 0. The van der Waals surface area contributed by atoms with Gasteiger partial charge in [0.1, 0.15) is 0 Å². The van der Waals surface area contributed by atoms with E-state index in [1.54, 1.807) is 7.05 Å². The average Bonchev–Trinajstić information content (AvgIpc) is 2.95.